The number of nitrogens with zero attached hydrogens (tertiary/aromatic N) is 1. The number of fused-ring (bicyclic) bond motifs is 1. The number of hydrogen-bond acceptors (Lipinski definition) is 1. The molecule has 0 aliphatic heterocycles. The van der Waals surface area contributed by atoms with Crippen LogP contribution in [0.1, 0.15) is 11.3 Å². The summed E-state index contributed by atoms with van der Waals surface area (Å²) < 4.78 is 3.44. The van der Waals surface area contributed by atoms with Crippen molar-refractivity contribution in [1.29, 1.82) is 0 Å². The Morgan fingerprint density at radius 3 is 2.93 bits per heavy atom. The summed E-state index contributed by atoms with van der Waals surface area (Å²) in [4.78, 5) is 0. The molecule has 0 aliphatic rings. The molecule has 0 atom stereocenters. The van der Waals surface area contributed by atoms with E-state index in [2.05, 4.69) is 64.3 Å². The van der Waals surface area contributed by atoms with Crippen molar-refractivity contribution in [2.75, 3.05) is 5.75 Å². The van der Waals surface area contributed by atoms with Crippen LogP contribution < -0.4 is 0 Å². The second-order valence-corrected chi connectivity index (χ2v) is 4.56. The number of thiol groups is 1. The largest absolute Gasteiger partial charge is 0.319 e. The van der Waals surface area contributed by atoms with Crippen molar-refractivity contribution in [3.8, 4) is 0 Å². The van der Waals surface area contributed by atoms with Crippen LogP contribution in [0.25, 0.3) is 5.52 Å². The standard InChI is InChI=1S/C11H12BrNS/c1-8-9(5-7-14)13-6-3-2-4-10(13)11(8)12/h2-4,6,14H,5,7H2,1H3. The van der Waals surface area contributed by atoms with Gasteiger partial charge in [0.05, 0.1) is 5.52 Å². The zero-order valence-electron chi connectivity index (χ0n) is 8.00. The Morgan fingerprint density at radius 1 is 1.43 bits per heavy atom. The molecule has 3 heteroatoms. The SMILES string of the molecule is Cc1c(Br)c2ccccn2c1CCS. The second kappa shape index (κ2) is 3.99. The van der Waals surface area contributed by atoms with Crippen LogP contribution in [-0.2, 0) is 6.42 Å². The molecule has 2 aromatic rings. The van der Waals surface area contributed by atoms with E-state index in [1.54, 1.807) is 0 Å². The molecule has 0 saturated heterocycles. The molecule has 0 unspecified atom stereocenters. The third kappa shape index (κ3) is 1.48. The fraction of sp³-hybridized carbons (Fsp3) is 0.273. The molecule has 74 valence electrons. The molecular formula is C11H12BrNS. The molecule has 0 aromatic carbocycles. The normalized spacial score (nSPS) is 11.1. The zero-order valence-corrected chi connectivity index (χ0v) is 10.5. The Labute approximate surface area is 97.7 Å². The van der Waals surface area contributed by atoms with E-state index in [0.717, 1.165) is 12.2 Å². The number of halogens is 1. The van der Waals surface area contributed by atoms with Gasteiger partial charge in [-0.2, -0.15) is 12.6 Å². The van der Waals surface area contributed by atoms with Crippen molar-refractivity contribution < 1.29 is 0 Å². The molecule has 2 aromatic heterocycles. The Hall–Kier alpha value is -0.410. The lowest BCUT2D eigenvalue weighted by molar-refractivity contribution is 0.990. The van der Waals surface area contributed by atoms with Crippen LogP contribution in [0.4, 0.5) is 0 Å². The van der Waals surface area contributed by atoms with Crippen LogP contribution in [0.2, 0.25) is 0 Å². The quantitative estimate of drug-likeness (QED) is 0.797. The maximum absolute atomic E-state index is 4.29. The van der Waals surface area contributed by atoms with Crippen molar-refractivity contribution in [3.05, 3.63) is 40.1 Å². The Kier molecular flexibility index (Phi) is 2.88. The molecule has 0 bridgehead atoms. The van der Waals surface area contributed by atoms with Gasteiger partial charge >= 0.3 is 0 Å². The minimum absolute atomic E-state index is 0.883. The molecule has 0 radical (unpaired) electrons. The van der Waals surface area contributed by atoms with Crippen LogP contribution in [-0.4, -0.2) is 10.2 Å². The maximum Gasteiger partial charge on any atom is 0.0597 e. The van der Waals surface area contributed by atoms with Gasteiger partial charge in [0, 0.05) is 16.4 Å². The summed E-state index contributed by atoms with van der Waals surface area (Å²) >= 11 is 7.91. The average molecular weight is 270 g/mol. The van der Waals surface area contributed by atoms with E-state index in [0.29, 0.717) is 0 Å². The topological polar surface area (TPSA) is 4.41 Å². The summed E-state index contributed by atoms with van der Waals surface area (Å²) in [6.07, 6.45) is 3.11. The summed E-state index contributed by atoms with van der Waals surface area (Å²) in [5.41, 5.74) is 3.91. The first-order valence-electron chi connectivity index (χ1n) is 4.60. The first kappa shape index (κ1) is 10.1. The minimum atomic E-state index is 0.883. The van der Waals surface area contributed by atoms with Crippen molar-refractivity contribution in [2.24, 2.45) is 0 Å². The molecule has 0 amide bonds. The Balaban J connectivity index is 2.74. The van der Waals surface area contributed by atoms with Gasteiger partial charge in [-0.3, -0.25) is 0 Å². The van der Waals surface area contributed by atoms with Gasteiger partial charge in [0.1, 0.15) is 0 Å². The zero-order chi connectivity index (χ0) is 10.1. The summed E-state index contributed by atoms with van der Waals surface area (Å²) in [6, 6.07) is 6.24. The molecule has 0 saturated carbocycles. The highest BCUT2D eigenvalue weighted by Gasteiger charge is 2.10. The van der Waals surface area contributed by atoms with Gasteiger partial charge < -0.3 is 4.40 Å². The summed E-state index contributed by atoms with van der Waals surface area (Å²) in [5, 5.41) is 0. The molecule has 0 N–H and O–H groups in total. The number of aromatic nitrogens is 1. The first-order valence-corrected chi connectivity index (χ1v) is 6.03. The smallest absolute Gasteiger partial charge is 0.0597 e. The third-order valence-electron chi connectivity index (χ3n) is 2.49. The van der Waals surface area contributed by atoms with Crippen LogP contribution in [0.3, 0.4) is 0 Å². The molecular weight excluding hydrogens is 258 g/mol. The lowest BCUT2D eigenvalue weighted by atomic mass is 10.2. The van der Waals surface area contributed by atoms with Gasteiger partial charge in [-0.15, -0.1) is 0 Å². The van der Waals surface area contributed by atoms with E-state index < -0.39 is 0 Å². The number of aryl methyl sites for hydroxylation is 1. The molecule has 1 nitrogen and oxygen atoms in total. The van der Waals surface area contributed by atoms with Gasteiger partial charge in [0.15, 0.2) is 0 Å². The van der Waals surface area contributed by atoms with Crippen LogP contribution in [0.15, 0.2) is 28.9 Å². The van der Waals surface area contributed by atoms with Crippen LogP contribution in [0, 0.1) is 6.92 Å². The van der Waals surface area contributed by atoms with Crippen molar-refractivity contribution in [3.63, 3.8) is 0 Å². The summed E-state index contributed by atoms with van der Waals surface area (Å²) in [6.45, 7) is 2.15. The predicted molar refractivity (Wildman–Crippen MR) is 67.4 cm³/mol. The number of pyridine rings is 1. The van der Waals surface area contributed by atoms with Crippen molar-refractivity contribution >= 4 is 34.1 Å². The van der Waals surface area contributed by atoms with E-state index in [4.69, 9.17) is 0 Å². The second-order valence-electron chi connectivity index (χ2n) is 3.32. The van der Waals surface area contributed by atoms with E-state index in [-0.39, 0.29) is 0 Å². The molecule has 0 fully saturated rings. The van der Waals surface area contributed by atoms with Crippen molar-refractivity contribution in [1.82, 2.24) is 4.40 Å². The van der Waals surface area contributed by atoms with Gasteiger partial charge in [-0.1, -0.05) is 6.07 Å². The van der Waals surface area contributed by atoms with E-state index in [9.17, 15) is 0 Å². The maximum atomic E-state index is 4.29. The van der Waals surface area contributed by atoms with Gasteiger partial charge in [0.25, 0.3) is 0 Å². The van der Waals surface area contributed by atoms with Gasteiger partial charge in [0.2, 0.25) is 0 Å². The van der Waals surface area contributed by atoms with Gasteiger partial charge in [-0.25, -0.2) is 0 Å². The van der Waals surface area contributed by atoms with E-state index >= 15 is 0 Å². The minimum Gasteiger partial charge on any atom is -0.319 e. The van der Waals surface area contributed by atoms with Crippen LogP contribution >= 0.6 is 28.6 Å². The predicted octanol–water partition coefficient (Wildman–Crippen LogP) is 3.48. The lowest BCUT2D eigenvalue weighted by Crippen LogP contribution is -1.94. The highest BCUT2D eigenvalue weighted by Crippen LogP contribution is 2.28. The van der Waals surface area contributed by atoms with E-state index in [1.807, 2.05) is 0 Å². The summed E-state index contributed by atoms with van der Waals surface area (Å²) in [5.74, 6) is 0.883. The third-order valence-corrected chi connectivity index (χ3v) is 3.71. The lowest BCUT2D eigenvalue weighted by Gasteiger charge is -2.00. The Bertz CT molecular complexity index is 462. The van der Waals surface area contributed by atoms with Crippen LogP contribution in [0.5, 0.6) is 0 Å². The summed E-state index contributed by atoms with van der Waals surface area (Å²) in [7, 11) is 0. The highest BCUT2D eigenvalue weighted by molar-refractivity contribution is 9.10. The molecule has 14 heavy (non-hydrogen) atoms. The van der Waals surface area contributed by atoms with Gasteiger partial charge in [-0.05, 0) is 52.7 Å². The number of hydrogen-bond donors (Lipinski definition) is 1. The highest BCUT2D eigenvalue weighted by atomic mass is 79.9. The average Bonchev–Trinajstić information content (AvgIpc) is 2.45. The number of rotatable bonds is 2. The Morgan fingerprint density at radius 2 is 2.21 bits per heavy atom. The molecule has 2 heterocycles. The fourth-order valence-electron chi connectivity index (χ4n) is 1.77. The molecule has 2 rings (SSSR count). The molecule has 0 aliphatic carbocycles. The van der Waals surface area contributed by atoms with E-state index in [1.165, 1.54) is 21.2 Å². The monoisotopic (exact) mass is 269 g/mol. The molecule has 0 spiro atoms. The first-order chi connectivity index (χ1) is 6.75. The fourth-order valence-corrected chi connectivity index (χ4v) is 2.53. The van der Waals surface area contributed by atoms with Crippen molar-refractivity contribution in [2.45, 2.75) is 13.3 Å².